The Hall–Kier alpha value is -1.29. The molecule has 0 radical (unpaired) electrons. The van der Waals surface area contributed by atoms with E-state index in [0.717, 1.165) is 17.3 Å². The SMILES string of the molecule is CCOC(=O)CSC(=O)Cc1ccccc1. The largest absolute Gasteiger partial charge is 0.465 e. The van der Waals surface area contributed by atoms with Gasteiger partial charge in [-0.25, -0.2) is 0 Å². The fourth-order valence-electron chi connectivity index (χ4n) is 1.16. The van der Waals surface area contributed by atoms with Crippen LogP contribution in [-0.4, -0.2) is 23.4 Å². The van der Waals surface area contributed by atoms with Gasteiger partial charge in [0.15, 0.2) is 5.12 Å². The molecule has 0 saturated carbocycles. The number of carbonyl (C=O) groups is 2. The summed E-state index contributed by atoms with van der Waals surface area (Å²) in [7, 11) is 0. The molecule has 0 amide bonds. The van der Waals surface area contributed by atoms with Crippen LogP contribution >= 0.6 is 11.8 Å². The van der Waals surface area contributed by atoms with E-state index in [4.69, 9.17) is 4.74 Å². The Kier molecular flexibility index (Phi) is 5.64. The third-order valence-electron chi connectivity index (χ3n) is 1.85. The fraction of sp³-hybridized carbons (Fsp3) is 0.333. The van der Waals surface area contributed by atoms with Gasteiger partial charge in [-0.15, -0.1) is 0 Å². The van der Waals surface area contributed by atoms with Gasteiger partial charge >= 0.3 is 5.97 Å². The number of thioether (sulfide) groups is 1. The van der Waals surface area contributed by atoms with Crippen LogP contribution in [0.3, 0.4) is 0 Å². The van der Waals surface area contributed by atoms with Crippen LogP contribution in [0.15, 0.2) is 30.3 Å². The second kappa shape index (κ2) is 7.06. The summed E-state index contributed by atoms with van der Waals surface area (Å²) in [6.45, 7) is 2.10. The molecule has 0 unspecified atom stereocenters. The van der Waals surface area contributed by atoms with Crippen LogP contribution in [0.4, 0.5) is 0 Å². The highest BCUT2D eigenvalue weighted by Crippen LogP contribution is 2.09. The van der Waals surface area contributed by atoms with E-state index in [0.29, 0.717) is 13.0 Å². The van der Waals surface area contributed by atoms with Crippen LogP contribution in [0.2, 0.25) is 0 Å². The van der Waals surface area contributed by atoms with Crippen molar-refractivity contribution in [2.45, 2.75) is 13.3 Å². The summed E-state index contributed by atoms with van der Waals surface area (Å²) < 4.78 is 4.73. The van der Waals surface area contributed by atoms with Gasteiger partial charge in [0, 0.05) is 6.42 Å². The molecule has 86 valence electrons. The first kappa shape index (κ1) is 12.8. The maximum absolute atomic E-state index is 11.5. The minimum Gasteiger partial charge on any atom is -0.465 e. The number of ether oxygens (including phenoxy) is 1. The van der Waals surface area contributed by atoms with Crippen LogP contribution in [0.25, 0.3) is 0 Å². The number of hydrogen-bond acceptors (Lipinski definition) is 4. The molecule has 3 nitrogen and oxygen atoms in total. The van der Waals surface area contributed by atoms with Gasteiger partial charge in [0.05, 0.1) is 12.4 Å². The normalized spacial score (nSPS) is 9.81. The van der Waals surface area contributed by atoms with Gasteiger partial charge in [-0.1, -0.05) is 42.1 Å². The Morgan fingerprint density at radius 3 is 2.56 bits per heavy atom. The molecule has 1 aromatic rings. The summed E-state index contributed by atoms with van der Waals surface area (Å²) in [6.07, 6.45) is 0.352. The third-order valence-corrected chi connectivity index (χ3v) is 2.69. The number of carbonyl (C=O) groups excluding carboxylic acids is 2. The van der Waals surface area contributed by atoms with Crippen molar-refractivity contribution >= 4 is 22.8 Å². The minimum absolute atomic E-state index is 0.0146. The zero-order chi connectivity index (χ0) is 11.8. The predicted octanol–water partition coefficient (Wildman–Crippen LogP) is 2.05. The first-order chi connectivity index (χ1) is 7.72. The Morgan fingerprint density at radius 2 is 1.94 bits per heavy atom. The summed E-state index contributed by atoms with van der Waals surface area (Å²) in [5.41, 5.74) is 0.962. The maximum atomic E-state index is 11.5. The topological polar surface area (TPSA) is 43.4 Å². The molecular formula is C12H14O3S. The molecule has 0 aliphatic carbocycles. The number of esters is 1. The van der Waals surface area contributed by atoms with Crippen molar-refractivity contribution in [2.24, 2.45) is 0 Å². The molecule has 0 fully saturated rings. The Labute approximate surface area is 99.2 Å². The minimum atomic E-state index is -0.339. The molecule has 1 aromatic carbocycles. The monoisotopic (exact) mass is 238 g/mol. The molecular weight excluding hydrogens is 224 g/mol. The molecule has 4 heteroatoms. The Bertz CT molecular complexity index is 349. The lowest BCUT2D eigenvalue weighted by atomic mass is 10.2. The third kappa shape index (κ3) is 4.98. The van der Waals surface area contributed by atoms with Crippen LogP contribution in [-0.2, 0) is 20.7 Å². The van der Waals surface area contributed by atoms with Gasteiger partial charge < -0.3 is 4.74 Å². The Balaban J connectivity index is 2.29. The molecule has 0 heterocycles. The van der Waals surface area contributed by atoms with Crippen molar-refractivity contribution in [3.63, 3.8) is 0 Å². The van der Waals surface area contributed by atoms with Gasteiger partial charge in [-0.05, 0) is 12.5 Å². The summed E-state index contributed by atoms with van der Waals surface area (Å²) >= 11 is 1.01. The zero-order valence-corrected chi connectivity index (χ0v) is 9.96. The highest BCUT2D eigenvalue weighted by Gasteiger charge is 2.08. The van der Waals surface area contributed by atoms with E-state index >= 15 is 0 Å². The van der Waals surface area contributed by atoms with Gasteiger partial charge in [0.1, 0.15) is 0 Å². The number of rotatable bonds is 5. The standard InChI is InChI=1S/C12H14O3S/c1-2-15-11(13)9-16-12(14)8-10-6-4-3-5-7-10/h3-7H,2,8-9H2,1H3. The van der Waals surface area contributed by atoms with E-state index in [-0.39, 0.29) is 16.8 Å². The van der Waals surface area contributed by atoms with Crippen LogP contribution in [0.5, 0.6) is 0 Å². The highest BCUT2D eigenvalue weighted by molar-refractivity contribution is 8.14. The average Bonchev–Trinajstić information content (AvgIpc) is 2.28. The average molecular weight is 238 g/mol. The predicted molar refractivity (Wildman–Crippen MR) is 64.2 cm³/mol. The summed E-state index contributed by atoms with van der Waals surface area (Å²) in [4.78, 5) is 22.5. The lowest BCUT2D eigenvalue weighted by molar-refractivity contribution is -0.140. The van der Waals surface area contributed by atoms with E-state index in [1.54, 1.807) is 6.92 Å². The van der Waals surface area contributed by atoms with Crippen molar-refractivity contribution in [3.8, 4) is 0 Å². The van der Waals surface area contributed by atoms with Gasteiger partial charge in [-0.3, -0.25) is 9.59 Å². The first-order valence-electron chi connectivity index (χ1n) is 5.07. The molecule has 16 heavy (non-hydrogen) atoms. The van der Waals surface area contributed by atoms with Crippen LogP contribution < -0.4 is 0 Å². The first-order valence-corrected chi connectivity index (χ1v) is 6.06. The van der Waals surface area contributed by atoms with E-state index in [9.17, 15) is 9.59 Å². The number of hydrogen-bond donors (Lipinski definition) is 0. The summed E-state index contributed by atoms with van der Waals surface area (Å²) in [5, 5.41) is -0.0146. The Morgan fingerprint density at radius 1 is 1.25 bits per heavy atom. The van der Waals surface area contributed by atoms with Crippen molar-refractivity contribution in [1.82, 2.24) is 0 Å². The van der Waals surface area contributed by atoms with Crippen LogP contribution in [0.1, 0.15) is 12.5 Å². The maximum Gasteiger partial charge on any atom is 0.316 e. The van der Waals surface area contributed by atoms with E-state index in [2.05, 4.69) is 0 Å². The van der Waals surface area contributed by atoms with Gasteiger partial charge in [0.2, 0.25) is 0 Å². The molecule has 0 aliphatic rings. The molecule has 0 aliphatic heterocycles. The smallest absolute Gasteiger partial charge is 0.316 e. The summed E-state index contributed by atoms with van der Waals surface area (Å²) in [6, 6.07) is 9.46. The molecule has 0 bridgehead atoms. The highest BCUT2D eigenvalue weighted by atomic mass is 32.2. The van der Waals surface area contributed by atoms with Crippen molar-refractivity contribution < 1.29 is 14.3 Å². The second-order valence-corrected chi connectivity index (χ2v) is 4.16. The molecule has 0 saturated heterocycles. The van der Waals surface area contributed by atoms with Crippen molar-refractivity contribution in [3.05, 3.63) is 35.9 Å². The van der Waals surface area contributed by atoms with E-state index in [1.807, 2.05) is 30.3 Å². The van der Waals surface area contributed by atoms with Crippen molar-refractivity contribution in [1.29, 1.82) is 0 Å². The van der Waals surface area contributed by atoms with E-state index < -0.39 is 0 Å². The second-order valence-electron chi connectivity index (χ2n) is 3.13. The summed E-state index contributed by atoms with van der Waals surface area (Å²) in [5.74, 6) is -0.242. The molecule has 0 atom stereocenters. The quantitative estimate of drug-likeness (QED) is 0.736. The van der Waals surface area contributed by atoms with Crippen molar-refractivity contribution in [2.75, 3.05) is 12.4 Å². The fourth-order valence-corrected chi connectivity index (χ4v) is 1.79. The molecule has 0 aromatic heterocycles. The lowest BCUT2D eigenvalue weighted by Gasteiger charge is -2.01. The zero-order valence-electron chi connectivity index (χ0n) is 9.14. The lowest BCUT2D eigenvalue weighted by Crippen LogP contribution is -2.09. The van der Waals surface area contributed by atoms with Gasteiger partial charge in [-0.2, -0.15) is 0 Å². The number of benzene rings is 1. The van der Waals surface area contributed by atoms with Gasteiger partial charge in [0.25, 0.3) is 0 Å². The van der Waals surface area contributed by atoms with Crippen LogP contribution in [0, 0.1) is 0 Å². The molecule has 0 spiro atoms. The molecule has 0 N–H and O–H groups in total. The van der Waals surface area contributed by atoms with E-state index in [1.165, 1.54) is 0 Å². The molecule has 1 rings (SSSR count).